The second-order valence-corrected chi connectivity index (χ2v) is 5.36. The van der Waals surface area contributed by atoms with E-state index in [0.29, 0.717) is 12.0 Å². The number of hydrogen-bond acceptors (Lipinski definition) is 1. The Bertz CT molecular complexity index is 537. The zero-order valence-electron chi connectivity index (χ0n) is 10.2. The summed E-state index contributed by atoms with van der Waals surface area (Å²) >= 11 is 3.39. The Balaban J connectivity index is 2.13. The van der Waals surface area contributed by atoms with Crippen molar-refractivity contribution in [2.45, 2.75) is 19.4 Å². The van der Waals surface area contributed by atoms with E-state index in [1.165, 1.54) is 6.07 Å². The molecule has 18 heavy (non-hydrogen) atoms. The van der Waals surface area contributed by atoms with Crippen LogP contribution in [0.2, 0.25) is 0 Å². The van der Waals surface area contributed by atoms with Crippen molar-refractivity contribution in [2.24, 2.45) is 5.73 Å². The highest BCUT2D eigenvalue weighted by atomic mass is 79.9. The summed E-state index contributed by atoms with van der Waals surface area (Å²) in [6, 6.07) is 13.0. The lowest BCUT2D eigenvalue weighted by atomic mass is 9.99. The zero-order valence-corrected chi connectivity index (χ0v) is 11.7. The highest BCUT2D eigenvalue weighted by Crippen LogP contribution is 2.20. The molecule has 0 fully saturated rings. The van der Waals surface area contributed by atoms with Crippen molar-refractivity contribution in [1.29, 1.82) is 0 Å². The zero-order chi connectivity index (χ0) is 13.1. The standard InChI is InChI=1S/C15H15BrFN/c1-10-2-5-12(9-14(10)17)15(18)8-11-3-6-13(16)7-4-11/h2-7,9,15H,8,18H2,1H3. The van der Waals surface area contributed by atoms with E-state index >= 15 is 0 Å². The van der Waals surface area contributed by atoms with Gasteiger partial charge in [-0.25, -0.2) is 4.39 Å². The molecule has 2 rings (SSSR count). The third-order valence-electron chi connectivity index (χ3n) is 2.99. The molecular weight excluding hydrogens is 293 g/mol. The van der Waals surface area contributed by atoms with Gasteiger partial charge in [-0.05, 0) is 48.2 Å². The topological polar surface area (TPSA) is 26.0 Å². The van der Waals surface area contributed by atoms with E-state index < -0.39 is 0 Å². The van der Waals surface area contributed by atoms with E-state index in [1.807, 2.05) is 30.3 Å². The van der Waals surface area contributed by atoms with Gasteiger partial charge in [0.25, 0.3) is 0 Å². The van der Waals surface area contributed by atoms with Crippen molar-refractivity contribution in [3.63, 3.8) is 0 Å². The van der Waals surface area contributed by atoms with Crippen LogP contribution in [0.5, 0.6) is 0 Å². The Morgan fingerprint density at radius 3 is 2.44 bits per heavy atom. The summed E-state index contributed by atoms with van der Waals surface area (Å²) in [6.45, 7) is 1.75. The van der Waals surface area contributed by atoms with Crippen LogP contribution in [0.25, 0.3) is 0 Å². The molecule has 0 aliphatic rings. The van der Waals surface area contributed by atoms with E-state index in [2.05, 4.69) is 15.9 Å². The van der Waals surface area contributed by atoms with Crippen LogP contribution in [0, 0.1) is 12.7 Å². The summed E-state index contributed by atoms with van der Waals surface area (Å²) < 4.78 is 14.5. The maximum atomic E-state index is 13.5. The average molecular weight is 308 g/mol. The number of hydrogen-bond donors (Lipinski definition) is 1. The molecule has 0 amide bonds. The van der Waals surface area contributed by atoms with Crippen molar-refractivity contribution in [1.82, 2.24) is 0 Å². The van der Waals surface area contributed by atoms with Crippen LogP contribution in [0.4, 0.5) is 4.39 Å². The molecule has 3 heteroatoms. The normalized spacial score (nSPS) is 12.4. The minimum absolute atomic E-state index is 0.179. The number of nitrogens with two attached hydrogens (primary N) is 1. The van der Waals surface area contributed by atoms with Gasteiger partial charge in [0.2, 0.25) is 0 Å². The second-order valence-electron chi connectivity index (χ2n) is 4.45. The summed E-state index contributed by atoms with van der Waals surface area (Å²) in [7, 11) is 0. The fraction of sp³-hybridized carbons (Fsp3) is 0.200. The number of rotatable bonds is 3. The van der Waals surface area contributed by atoms with Crippen molar-refractivity contribution in [3.05, 3.63) is 69.4 Å². The minimum Gasteiger partial charge on any atom is -0.324 e. The molecule has 1 unspecified atom stereocenters. The Labute approximate surface area is 115 Å². The lowest BCUT2D eigenvalue weighted by molar-refractivity contribution is 0.610. The van der Waals surface area contributed by atoms with E-state index in [4.69, 9.17) is 5.73 Å². The molecule has 0 heterocycles. The first-order valence-corrected chi connectivity index (χ1v) is 6.61. The van der Waals surface area contributed by atoms with Crippen molar-refractivity contribution < 1.29 is 4.39 Å². The second kappa shape index (κ2) is 5.63. The lowest BCUT2D eigenvalue weighted by Crippen LogP contribution is -2.13. The molecule has 1 atom stereocenters. The SMILES string of the molecule is Cc1ccc(C(N)Cc2ccc(Br)cc2)cc1F. The highest BCUT2D eigenvalue weighted by Gasteiger charge is 2.09. The lowest BCUT2D eigenvalue weighted by Gasteiger charge is -2.13. The molecule has 1 nitrogen and oxygen atoms in total. The highest BCUT2D eigenvalue weighted by molar-refractivity contribution is 9.10. The molecule has 0 aromatic heterocycles. The Hall–Kier alpha value is -1.19. The van der Waals surface area contributed by atoms with Crippen LogP contribution in [-0.2, 0) is 6.42 Å². The fourth-order valence-electron chi connectivity index (χ4n) is 1.83. The molecule has 0 spiro atoms. The molecular formula is C15H15BrFN. The van der Waals surface area contributed by atoms with Gasteiger partial charge >= 0.3 is 0 Å². The molecule has 0 saturated heterocycles. The van der Waals surface area contributed by atoms with Crippen LogP contribution in [0.15, 0.2) is 46.9 Å². The Morgan fingerprint density at radius 1 is 1.17 bits per heavy atom. The molecule has 0 saturated carbocycles. The van der Waals surface area contributed by atoms with Gasteiger partial charge in [-0.2, -0.15) is 0 Å². The average Bonchev–Trinajstić information content (AvgIpc) is 2.35. The number of aryl methyl sites for hydroxylation is 1. The van der Waals surface area contributed by atoms with E-state index in [-0.39, 0.29) is 11.9 Å². The molecule has 0 bridgehead atoms. The van der Waals surface area contributed by atoms with Gasteiger partial charge in [-0.3, -0.25) is 0 Å². The maximum absolute atomic E-state index is 13.5. The maximum Gasteiger partial charge on any atom is 0.126 e. The number of halogens is 2. The smallest absolute Gasteiger partial charge is 0.126 e. The van der Waals surface area contributed by atoms with Gasteiger partial charge in [0.1, 0.15) is 5.82 Å². The van der Waals surface area contributed by atoms with Crippen molar-refractivity contribution in [2.75, 3.05) is 0 Å². The molecule has 0 aliphatic carbocycles. The van der Waals surface area contributed by atoms with E-state index in [1.54, 1.807) is 13.0 Å². The molecule has 0 aliphatic heterocycles. The van der Waals surface area contributed by atoms with Gasteiger partial charge in [0.05, 0.1) is 0 Å². The molecule has 94 valence electrons. The van der Waals surface area contributed by atoms with Crippen LogP contribution in [0.1, 0.15) is 22.7 Å². The Morgan fingerprint density at radius 2 is 1.83 bits per heavy atom. The first-order valence-electron chi connectivity index (χ1n) is 5.82. The molecule has 0 radical (unpaired) electrons. The monoisotopic (exact) mass is 307 g/mol. The predicted molar refractivity (Wildman–Crippen MR) is 75.9 cm³/mol. The summed E-state index contributed by atoms with van der Waals surface area (Å²) in [4.78, 5) is 0. The van der Waals surface area contributed by atoms with Crippen LogP contribution < -0.4 is 5.73 Å². The predicted octanol–water partition coefficient (Wildman–Crippen LogP) is 4.14. The van der Waals surface area contributed by atoms with E-state index in [0.717, 1.165) is 15.6 Å². The van der Waals surface area contributed by atoms with Gasteiger partial charge in [0, 0.05) is 10.5 Å². The van der Waals surface area contributed by atoms with E-state index in [9.17, 15) is 4.39 Å². The summed E-state index contributed by atoms with van der Waals surface area (Å²) in [6.07, 6.45) is 0.704. The quantitative estimate of drug-likeness (QED) is 0.906. The number of benzene rings is 2. The summed E-state index contributed by atoms with van der Waals surface area (Å²) in [5, 5.41) is 0. The molecule has 2 N–H and O–H groups in total. The molecule has 2 aromatic carbocycles. The van der Waals surface area contributed by atoms with Gasteiger partial charge in [-0.15, -0.1) is 0 Å². The van der Waals surface area contributed by atoms with Gasteiger partial charge in [-0.1, -0.05) is 40.2 Å². The van der Waals surface area contributed by atoms with Crippen LogP contribution >= 0.6 is 15.9 Å². The fourth-order valence-corrected chi connectivity index (χ4v) is 2.10. The minimum atomic E-state index is -0.196. The van der Waals surface area contributed by atoms with Crippen molar-refractivity contribution >= 4 is 15.9 Å². The Kier molecular flexibility index (Phi) is 4.15. The summed E-state index contributed by atoms with van der Waals surface area (Å²) in [5.41, 5.74) is 8.73. The first-order chi connectivity index (χ1) is 8.56. The van der Waals surface area contributed by atoms with Gasteiger partial charge in [0.15, 0.2) is 0 Å². The van der Waals surface area contributed by atoms with Crippen LogP contribution in [-0.4, -0.2) is 0 Å². The first kappa shape index (κ1) is 13.2. The van der Waals surface area contributed by atoms with Crippen LogP contribution in [0.3, 0.4) is 0 Å². The largest absolute Gasteiger partial charge is 0.324 e. The van der Waals surface area contributed by atoms with Crippen molar-refractivity contribution in [3.8, 4) is 0 Å². The van der Waals surface area contributed by atoms with Gasteiger partial charge < -0.3 is 5.73 Å². The third-order valence-corrected chi connectivity index (χ3v) is 3.52. The summed E-state index contributed by atoms with van der Waals surface area (Å²) in [5.74, 6) is -0.196. The third kappa shape index (κ3) is 3.18. The molecule has 2 aromatic rings.